The smallest absolute Gasteiger partial charge is 0.339 e. The lowest BCUT2D eigenvalue weighted by Crippen LogP contribution is -2.53. The number of imide groups is 1. The van der Waals surface area contributed by atoms with Crippen molar-refractivity contribution in [1.82, 2.24) is 75.0 Å². The SMILES string of the molecule is CC1CN(Cc2ccccc2)CC1c1nn2c(C34CC5CC(CC(C5)C3)C4)ncc2c(=O)[nH]1.CC1CN(Cc2ccccc2)CC1c1nnc(CN)c(=O)[nH]1.CC1CN(Cc2ccccc2)CC1c1nnc(CNC(=O)C23CC4CC(CC(C4)C2)C3)c(=O)[nH]1.O=C1CCC(=O)N1OC(=O)C12CC3CC(CC(C3)C1)C2. The summed E-state index contributed by atoms with van der Waals surface area (Å²) in [5, 5.41) is 25.6. The number of carbonyl (C=O) groups is 4. The van der Waals surface area contributed by atoms with E-state index in [0.29, 0.717) is 81.2 Å². The monoisotopic (exact) mass is 1480 g/mol. The summed E-state index contributed by atoms with van der Waals surface area (Å²) in [6.45, 7) is 15.3. The first-order chi connectivity index (χ1) is 52.8. The van der Waals surface area contributed by atoms with Crippen LogP contribution in [0.25, 0.3) is 5.52 Å². The van der Waals surface area contributed by atoms with Gasteiger partial charge in [-0.05, 0) is 203 Å². The number of benzene rings is 3. The van der Waals surface area contributed by atoms with Crippen LogP contribution < -0.4 is 27.7 Å². The Bertz CT molecular complexity index is 4550. The molecule has 6 atom stereocenters. The first-order valence-electron chi connectivity index (χ1n) is 41.0. The molecule has 0 radical (unpaired) electrons. The minimum atomic E-state index is -0.419. The molecule has 12 saturated carbocycles. The second kappa shape index (κ2) is 30.3. The zero-order valence-electron chi connectivity index (χ0n) is 63.6. The molecule has 4 saturated heterocycles. The molecule has 3 aromatic carbocycles. The summed E-state index contributed by atoms with van der Waals surface area (Å²) < 4.78 is 1.95. The molecule has 23 rings (SSSR count). The fraction of sp³-hybridized carbons (Fsp3) is 0.612. The summed E-state index contributed by atoms with van der Waals surface area (Å²) in [6.07, 6.45) is 23.3. The summed E-state index contributed by atoms with van der Waals surface area (Å²) in [7, 11) is 0. The number of H-pyrrole nitrogens is 3. The van der Waals surface area contributed by atoms with Gasteiger partial charge >= 0.3 is 5.97 Å². The van der Waals surface area contributed by atoms with Crippen molar-refractivity contribution in [1.29, 1.82) is 0 Å². The van der Waals surface area contributed by atoms with Gasteiger partial charge < -0.3 is 30.8 Å². The predicted molar refractivity (Wildman–Crippen MR) is 408 cm³/mol. The Kier molecular flexibility index (Phi) is 20.4. The van der Waals surface area contributed by atoms with Crippen LogP contribution in [0.5, 0.6) is 0 Å². The summed E-state index contributed by atoms with van der Waals surface area (Å²) in [5.41, 5.74) is 9.58. The highest BCUT2D eigenvalue weighted by molar-refractivity contribution is 6.01. The van der Waals surface area contributed by atoms with Crippen LogP contribution in [0.2, 0.25) is 0 Å². The lowest BCUT2D eigenvalue weighted by atomic mass is 9.49. The Labute approximate surface area is 636 Å². The number of aromatic nitrogens is 10. The van der Waals surface area contributed by atoms with Crippen LogP contribution in [-0.2, 0) is 62.2 Å². The number of nitrogens with one attached hydrogen (secondary N) is 4. The molecule has 4 aromatic heterocycles. The van der Waals surface area contributed by atoms with E-state index >= 15 is 0 Å². The third-order valence-corrected chi connectivity index (χ3v) is 28.1. The molecule has 576 valence electrons. The van der Waals surface area contributed by atoms with Gasteiger partial charge in [0.05, 0.1) is 18.2 Å². The fourth-order valence-electron chi connectivity index (χ4n) is 24.3. The molecule has 3 amide bonds. The second-order valence-corrected chi connectivity index (χ2v) is 36.4. The van der Waals surface area contributed by atoms with E-state index in [9.17, 15) is 33.6 Å². The van der Waals surface area contributed by atoms with Crippen LogP contribution in [0, 0.1) is 81.8 Å². The van der Waals surface area contributed by atoms with Gasteiger partial charge in [0.1, 0.15) is 34.7 Å². The molecule has 6 unspecified atom stereocenters. The maximum Gasteiger partial charge on any atom is 0.339 e. The Hall–Kier alpha value is -8.45. The van der Waals surface area contributed by atoms with E-state index in [1.165, 1.54) is 93.7 Å². The molecule has 7 aromatic rings. The second-order valence-electron chi connectivity index (χ2n) is 36.4. The number of hydroxylamine groups is 2. The number of carbonyl (C=O) groups excluding carboxylic acids is 4. The normalized spacial score (nSPS) is 33.8. The van der Waals surface area contributed by atoms with Gasteiger partial charge in [-0.15, -0.1) is 25.5 Å². The zero-order valence-corrected chi connectivity index (χ0v) is 63.6. The molecule has 12 aliphatic carbocycles. The van der Waals surface area contributed by atoms with Crippen LogP contribution >= 0.6 is 0 Å². The van der Waals surface area contributed by atoms with E-state index in [2.05, 4.69) is 155 Å². The van der Waals surface area contributed by atoms with Gasteiger partial charge in [-0.1, -0.05) is 112 Å². The number of rotatable bonds is 16. The number of hydrogen-bond acceptors (Lipinski definition) is 18. The van der Waals surface area contributed by atoms with E-state index < -0.39 is 5.41 Å². The molecular formula is C85H108N16O8. The highest BCUT2D eigenvalue weighted by Gasteiger charge is 2.58. The number of aromatic amines is 3. The molecule has 4 aliphatic heterocycles. The molecule has 24 heteroatoms. The van der Waals surface area contributed by atoms with Gasteiger partial charge in [0, 0.05) is 107 Å². The number of fused-ring (bicyclic) bond motifs is 1. The van der Waals surface area contributed by atoms with Crippen molar-refractivity contribution in [3.05, 3.63) is 180 Å². The summed E-state index contributed by atoms with van der Waals surface area (Å²) in [6, 6.07) is 31.5. The van der Waals surface area contributed by atoms with E-state index in [0.717, 1.165) is 127 Å². The highest BCUT2D eigenvalue weighted by atomic mass is 16.7. The van der Waals surface area contributed by atoms with Crippen molar-refractivity contribution in [3.63, 3.8) is 0 Å². The maximum absolute atomic E-state index is 13.2. The fourth-order valence-corrected chi connectivity index (χ4v) is 24.3. The lowest BCUT2D eigenvalue weighted by molar-refractivity contribution is -0.214. The summed E-state index contributed by atoms with van der Waals surface area (Å²) >= 11 is 0. The van der Waals surface area contributed by atoms with Crippen molar-refractivity contribution >= 4 is 29.2 Å². The van der Waals surface area contributed by atoms with Gasteiger partial charge in [0.15, 0.2) is 5.52 Å². The molecular weight excluding hydrogens is 1370 g/mol. The number of nitrogens with two attached hydrogens (primary N) is 1. The minimum Gasteiger partial charge on any atom is -0.350 e. The average molecular weight is 1480 g/mol. The molecule has 8 heterocycles. The van der Waals surface area contributed by atoms with Crippen molar-refractivity contribution < 1.29 is 24.0 Å². The topological polar surface area (TPSA) is 309 Å². The van der Waals surface area contributed by atoms with E-state index in [-0.39, 0.29) is 101 Å². The third-order valence-electron chi connectivity index (χ3n) is 28.1. The first-order valence-corrected chi connectivity index (χ1v) is 41.0. The number of amides is 3. The van der Waals surface area contributed by atoms with Crippen LogP contribution in [0.3, 0.4) is 0 Å². The average Bonchev–Trinajstić information content (AvgIpc) is 1.57. The van der Waals surface area contributed by atoms with Gasteiger partial charge in [-0.2, -0.15) is 5.10 Å². The Morgan fingerprint density at radius 2 is 0.853 bits per heavy atom. The van der Waals surface area contributed by atoms with Crippen LogP contribution in [0.4, 0.5) is 0 Å². The molecule has 16 fully saturated rings. The standard InChI is InChI=1S/C27H35N5O2.C27H33N5O.C16H21N5O.C15H19NO4/c1-17-14-32(15-18-5-3-2-4-6-18)16-22(17)24-29-25(33)23(30-31-24)13-28-26(34)27-10-19-7-20(11-27)9-21(8-19)12-27;1-17-14-31(15-18-5-3-2-4-6-18)16-22(17)24-29-25(33)23-13-28-26(32(23)30-24)27-10-19-7-20(11-27)9-21(8-19)12-27;1-11-8-21(9-12-5-3-2-4-6-12)10-13(11)15-18-16(22)14(7-17)19-20-15;17-12-1-2-13(18)16(12)20-14(19)15-6-9-3-10(7-15)5-11(4-9)8-15/h2-6,17,19-22H,7-16H2,1H3,(H,28,34)(H,29,31,33);2-6,13,17,19-22H,7-12,14-16H2,1H3,(H,29,30,33);2-6,11,13H,7-10,17H2,1H3,(H,18,20,22);9-11H,1-8H2. The van der Waals surface area contributed by atoms with E-state index in [4.69, 9.17) is 20.7 Å². The van der Waals surface area contributed by atoms with Gasteiger partial charge in [-0.3, -0.25) is 43.5 Å². The Morgan fingerprint density at radius 3 is 1.26 bits per heavy atom. The van der Waals surface area contributed by atoms with Crippen LogP contribution in [0.15, 0.2) is 112 Å². The number of nitrogens with zero attached hydrogens (tertiary/aromatic N) is 11. The number of imidazole rings is 1. The molecule has 109 heavy (non-hydrogen) atoms. The minimum absolute atomic E-state index is 0.0443. The van der Waals surface area contributed by atoms with Crippen molar-refractivity contribution in [2.24, 2.45) is 87.6 Å². The number of hydrogen-bond donors (Lipinski definition) is 5. The number of likely N-dealkylation sites (tertiary alicyclic amines) is 3. The van der Waals surface area contributed by atoms with Gasteiger partial charge in [-0.25, -0.2) is 14.3 Å². The highest BCUT2D eigenvalue weighted by Crippen LogP contribution is 2.63. The van der Waals surface area contributed by atoms with Crippen molar-refractivity contribution in [2.45, 2.75) is 205 Å². The Morgan fingerprint density at radius 1 is 0.477 bits per heavy atom. The van der Waals surface area contributed by atoms with Crippen LogP contribution in [0.1, 0.15) is 218 Å². The summed E-state index contributed by atoms with van der Waals surface area (Å²) in [5.74, 6) is 10.7. The molecule has 16 aliphatic rings. The summed E-state index contributed by atoms with van der Waals surface area (Å²) in [4.78, 5) is 113. The predicted octanol–water partition coefficient (Wildman–Crippen LogP) is 10.0. The molecule has 6 N–H and O–H groups in total. The quantitative estimate of drug-likeness (QED) is 0.0562. The first kappa shape index (κ1) is 73.4. The lowest BCUT2D eigenvalue weighted by Gasteiger charge is -2.56. The van der Waals surface area contributed by atoms with Gasteiger partial charge in [0.2, 0.25) is 5.91 Å². The maximum atomic E-state index is 13.2. The third kappa shape index (κ3) is 15.2. The Balaban J connectivity index is 0.000000109. The van der Waals surface area contributed by atoms with Crippen molar-refractivity contribution in [3.8, 4) is 0 Å². The van der Waals surface area contributed by atoms with Crippen molar-refractivity contribution in [2.75, 3.05) is 39.3 Å². The zero-order chi connectivity index (χ0) is 74.9. The molecule has 0 spiro atoms. The molecule has 24 nitrogen and oxygen atoms in total. The van der Waals surface area contributed by atoms with E-state index in [1.807, 2.05) is 16.6 Å². The van der Waals surface area contributed by atoms with Gasteiger partial charge in [0.25, 0.3) is 28.5 Å². The van der Waals surface area contributed by atoms with Crippen LogP contribution in [-0.4, -0.2) is 133 Å². The molecule has 12 bridgehead atoms. The largest absolute Gasteiger partial charge is 0.350 e. The van der Waals surface area contributed by atoms with E-state index in [1.54, 1.807) is 6.20 Å².